The molecule has 0 saturated carbocycles. The number of nitrogens with zero attached hydrogens (tertiary/aromatic N) is 2. The minimum absolute atomic E-state index is 0.0786. The SMILES string of the molecule is Cc1cc([N+](=O)O)c(C)cc1-c1ccc(/C=C/c2cc(C(F)(F)F)nc(=O)[nH]2)o1. The molecule has 0 aliphatic carbocycles. The van der Waals surface area contributed by atoms with E-state index in [0.29, 0.717) is 28.2 Å². The lowest BCUT2D eigenvalue weighted by molar-refractivity contribution is -0.730. The zero-order valence-electron chi connectivity index (χ0n) is 15.2. The Morgan fingerprint density at radius 3 is 2.52 bits per heavy atom. The van der Waals surface area contributed by atoms with Crippen LogP contribution in [0.1, 0.15) is 28.3 Å². The molecule has 0 atom stereocenters. The van der Waals surface area contributed by atoms with Crippen molar-refractivity contribution >= 4 is 17.8 Å². The van der Waals surface area contributed by atoms with E-state index in [0.717, 1.165) is 6.07 Å². The molecule has 0 aliphatic rings. The fourth-order valence-corrected chi connectivity index (χ4v) is 2.74. The van der Waals surface area contributed by atoms with E-state index < -0.39 is 17.6 Å². The quantitative estimate of drug-likeness (QED) is 0.615. The predicted octanol–water partition coefficient (Wildman–Crippen LogP) is 4.64. The zero-order valence-corrected chi connectivity index (χ0v) is 15.2. The summed E-state index contributed by atoms with van der Waals surface area (Å²) in [7, 11) is 0. The minimum Gasteiger partial charge on any atom is -0.457 e. The van der Waals surface area contributed by atoms with Crippen molar-refractivity contribution in [2.45, 2.75) is 20.0 Å². The van der Waals surface area contributed by atoms with Gasteiger partial charge in [-0.15, -0.1) is 0 Å². The van der Waals surface area contributed by atoms with Gasteiger partial charge in [-0.25, -0.2) is 10.0 Å². The Morgan fingerprint density at radius 1 is 1.14 bits per heavy atom. The number of furan rings is 1. The van der Waals surface area contributed by atoms with Crippen LogP contribution in [0.5, 0.6) is 0 Å². The van der Waals surface area contributed by atoms with E-state index in [1.807, 2.05) is 0 Å². The maximum Gasteiger partial charge on any atom is 0.433 e. The van der Waals surface area contributed by atoms with Gasteiger partial charge >= 0.3 is 17.6 Å². The summed E-state index contributed by atoms with van der Waals surface area (Å²) in [5.74, 6) is 0.798. The molecule has 0 amide bonds. The number of aromatic amines is 1. The maximum atomic E-state index is 12.8. The van der Waals surface area contributed by atoms with Crippen LogP contribution in [0.25, 0.3) is 23.5 Å². The molecule has 2 N–H and O–H groups in total. The zero-order chi connectivity index (χ0) is 21.3. The normalized spacial score (nSPS) is 11.9. The predicted molar refractivity (Wildman–Crippen MR) is 97.5 cm³/mol. The fourth-order valence-electron chi connectivity index (χ4n) is 2.74. The molecule has 3 rings (SSSR count). The molecule has 7 nitrogen and oxygen atoms in total. The van der Waals surface area contributed by atoms with Gasteiger partial charge < -0.3 is 9.40 Å². The van der Waals surface area contributed by atoms with Gasteiger partial charge in [0.15, 0.2) is 5.69 Å². The molecule has 0 unspecified atom stereocenters. The van der Waals surface area contributed by atoms with Gasteiger partial charge in [0.25, 0.3) is 4.92 Å². The minimum atomic E-state index is -4.73. The molecule has 0 saturated heterocycles. The Kier molecular flexibility index (Phi) is 5.10. The molecule has 0 aliphatic heterocycles. The van der Waals surface area contributed by atoms with Crippen LogP contribution < -0.4 is 5.69 Å². The third kappa shape index (κ3) is 4.42. The van der Waals surface area contributed by atoms with E-state index in [1.165, 1.54) is 18.2 Å². The van der Waals surface area contributed by atoms with E-state index in [4.69, 9.17) is 9.62 Å². The summed E-state index contributed by atoms with van der Waals surface area (Å²) in [5, 5.41) is 9.11. The van der Waals surface area contributed by atoms with Crippen molar-refractivity contribution in [2.75, 3.05) is 0 Å². The molecule has 0 spiro atoms. The van der Waals surface area contributed by atoms with Crippen molar-refractivity contribution in [2.24, 2.45) is 0 Å². The van der Waals surface area contributed by atoms with E-state index in [2.05, 4.69) is 9.97 Å². The van der Waals surface area contributed by atoms with Crippen LogP contribution in [0.3, 0.4) is 0 Å². The molecule has 2 aromatic heterocycles. The molecule has 2 heterocycles. The van der Waals surface area contributed by atoms with Gasteiger partial charge in [-0.1, -0.05) is 0 Å². The highest BCUT2D eigenvalue weighted by Gasteiger charge is 2.33. The number of H-pyrrole nitrogens is 1. The number of hydrogen-bond donors (Lipinski definition) is 2. The van der Waals surface area contributed by atoms with Crippen LogP contribution in [0.15, 0.2) is 39.5 Å². The first-order valence-corrected chi connectivity index (χ1v) is 8.29. The van der Waals surface area contributed by atoms with Crippen molar-refractivity contribution in [3.05, 3.63) is 74.0 Å². The lowest BCUT2D eigenvalue weighted by Gasteiger charge is -2.05. The van der Waals surface area contributed by atoms with Crippen molar-refractivity contribution < 1.29 is 27.7 Å². The Labute approximate surface area is 161 Å². The first-order valence-electron chi connectivity index (χ1n) is 8.29. The van der Waals surface area contributed by atoms with Crippen molar-refractivity contribution in [3.63, 3.8) is 0 Å². The second-order valence-corrected chi connectivity index (χ2v) is 6.29. The summed E-state index contributed by atoms with van der Waals surface area (Å²) in [6, 6.07) is 7.16. The summed E-state index contributed by atoms with van der Waals surface area (Å²) >= 11 is 0. The third-order valence-electron chi connectivity index (χ3n) is 4.12. The summed E-state index contributed by atoms with van der Waals surface area (Å²) in [6.07, 6.45) is -2.06. The van der Waals surface area contributed by atoms with Crippen molar-refractivity contribution in [1.29, 1.82) is 0 Å². The topological polar surface area (TPSA) is 99.2 Å². The summed E-state index contributed by atoms with van der Waals surface area (Å²) in [6.45, 7) is 3.39. The van der Waals surface area contributed by atoms with Gasteiger partial charge in [0.1, 0.15) is 11.5 Å². The van der Waals surface area contributed by atoms with Gasteiger partial charge in [0, 0.05) is 22.9 Å². The van der Waals surface area contributed by atoms with Crippen LogP contribution in [0.4, 0.5) is 18.9 Å². The number of alkyl halides is 3. The molecule has 1 aromatic carbocycles. The number of hydrogen-bond acceptors (Lipinski definition) is 4. The molecule has 0 fully saturated rings. The van der Waals surface area contributed by atoms with Crippen LogP contribution in [-0.4, -0.2) is 20.1 Å². The highest BCUT2D eigenvalue weighted by Crippen LogP contribution is 2.31. The monoisotopic (exact) mass is 406 g/mol. The molecule has 150 valence electrons. The highest BCUT2D eigenvalue weighted by molar-refractivity contribution is 5.70. The molecule has 0 bridgehead atoms. The second-order valence-electron chi connectivity index (χ2n) is 6.29. The smallest absolute Gasteiger partial charge is 0.433 e. The van der Waals surface area contributed by atoms with E-state index in [9.17, 15) is 22.9 Å². The Hall–Kier alpha value is -3.69. The fraction of sp³-hybridized carbons (Fsp3) is 0.158. The Bertz CT molecular complexity index is 1180. The number of rotatable bonds is 4. The molecular formula is C19H15F3N3O4+. The highest BCUT2D eigenvalue weighted by atomic mass is 19.4. The van der Waals surface area contributed by atoms with E-state index >= 15 is 0 Å². The van der Waals surface area contributed by atoms with Gasteiger partial charge in [-0.05, 0) is 55.8 Å². The lowest BCUT2D eigenvalue weighted by atomic mass is 10.0. The molecule has 0 radical (unpaired) electrons. The Balaban J connectivity index is 1.90. The number of aryl methyl sites for hydroxylation is 2. The molecule has 3 aromatic rings. The standard InChI is InChI=1S/C19H14F3N3O4/c1-10-8-15(25(27)28)11(2)7-14(10)16-6-5-13(29-16)4-3-12-9-17(19(20,21)22)24-18(26)23-12/h3-9H,1-2H3,(H-,23,24,26,27,28)/p+1/b4-3+. The molecule has 29 heavy (non-hydrogen) atoms. The summed E-state index contributed by atoms with van der Waals surface area (Å²) in [4.78, 5) is 27.4. The van der Waals surface area contributed by atoms with Gasteiger partial charge in [-0.3, -0.25) is 0 Å². The average molecular weight is 406 g/mol. The lowest BCUT2D eigenvalue weighted by Crippen LogP contribution is -2.19. The first kappa shape index (κ1) is 20.1. The molecule has 10 heteroatoms. The number of nitrogens with one attached hydrogen (secondary N) is 1. The van der Waals surface area contributed by atoms with Crippen molar-refractivity contribution in [1.82, 2.24) is 9.97 Å². The van der Waals surface area contributed by atoms with Crippen LogP contribution in [0, 0.1) is 18.8 Å². The largest absolute Gasteiger partial charge is 0.457 e. The van der Waals surface area contributed by atoms with Crippen LogP contribution in [-0.2, 0) is 6.18 Å². The molecular weight excluding hydrogens is 391 g/mol. The van der Waals surface area contributed by atoms with Gasteiger partial charge in [0.05, 0.1) is 4.91 Å². The first-order chi connectivity index (χ1) is 13.5. The Morgan fingerprint density at radius 2 is 1.86 bits per heavy atom. The van der Waals surface area contributed by atoms with Gasteiger partial charge in [-0.2, -0.15) is 18.2 Å². The number of aromatic nitrogens is 2. The second kappa shape index (κ2) is 7.38. The number of benzene rings is 1. The van der Waals surface area contributed by atoms with E-state index in [1.54, 1.807) is 32.0 Å². The van der Waals surface area contributed by atoms with Crippen LogP contribution in [0.2, 0.25) is 0 Å². The van der Waals surface area contributed by atoms with Gasteiger partial charge in [0.2, 0.25) is 0 Å². The summed E-state index contributed by atoms with van der Waals surface area (Å²) in [5.41, 5.74) is -0.468. The average Bonchev–Trinajstić information content (AvgIpc) is 3.09. The third-order valence-corrected chi connectivity index (χ3v) is 4.12. The van der Waals surface area contributed by atoms with Crippen molar-refractivity contribution in [3.8, 4) is 11.3 Å². The van der Waals surface area contributed by atoms with E-state index in [-0.39, 0.29) is 16.3 Å². The summed E-state index contributed by atoms with van der Waals surface area (Å²) < 4.78 is 43.9. The van der Waals surface area contributed by atoms with Crippen LogP contribution >= 0.6 is 0 Å². The number of halogens is 3. The maximum absolute atomic E-state index is 12.8.